The molecule has 6 heteroatoms. The second-order valence-corrected chi connectivity index (χ2v) is 7.20. The molecule has 158 valence electrons. The third-order valence-corrected chi connectivity index (χ3v) is 5.03. The fourth-order valence-electron chi connectivity index (χ4n) is 3.54. The molecule has 0 radical (unpaired) electrons. The predicted molar refractivity (Wildman–Crippen MR) is 125 cm³/mol. The smallest absolute Gasteiger partial charge is 0.271 e. The lowest BCUT2D eigenvalue weighted by molar-refractivity contribution is 0.0955. The standard InChI is InChI=1S/C26H22N4O2/c1-2-32-23-12-10-21(11-13-23)26(31)29-28-16-22-18-30(25-9-4-3-8-24(22)25)17-20-7-5-6-19(14-20)15-27/h3-14,16,18H,2,17H2,1H3,(H,29,31)/b28-16-. The summed E-state index contributed by atoms with van der Waals surface area (Å²) < 4.78 is 7.51. The van der Waals surface area contributed by atoms with E-state index in [1.165, 1.54) is 0 Å². The molecule has 0 fully saturated rings. The molecular weight excluding hydrogens is 400 g/mol. The predicted octanol–water partition coefficient (Wildman–Crippen LogP) is 4.72. The van der Waals surface area contributed by atoms with Gasteiger partial charge in [-0.3, -0.25) is 4.79 Å². The van der Waals surface area contributed by atoms with Crippen LogP contribution in [-0.2, 0) is 6.54 Å². The van der Waals surface area contributed by atoms with E-state index >= 15 is 0 Å². The molecule has 0 atom stereocenters. The van der Waals surface area contributed by atoms with Crippen LogP contribution in [0.4, 0.5) is 0 Å². The van der Waals surface area contributed by atoms with E-state index in [-0.39, 0.29) is 5.91 Å². The first kappa shape index (κ1) is 20.9. The third kappa shape index (κ3) is 4.68. The van der Waals surface area contributed by atoms with E-state index in [4.69, 9.17) is 10.00 Å². The number of aromatic nitrogens is 1. The zero-order valence-corrected chi connectivity index (χ0v) is 17.7. The van der Waals surface area contributed by atoms with Gasteiger partial charge in [0.25, 0.3) is 5.91 Å². The Morgan fingerprint density at radius 2 is 1.94 bits per heavy atom. The van der Waals surface area contributed by atoms with Crippen LogP contribution in [-0.4, -0.2) is 23.3 Å². The molecule has 0 bridgehead atoms. The normalized spacial score (nSPS) is 10.9. The number of carbonyl (C=O) groups is 1. The van der Waals surface area contributed by atoms with Gasteiger partial charge in [-0.15, -0.1) is 0 Å². The molecule has 32 heavy (non-hydrogen) atoms. The van der Waals surface area contributed by atoms with Gasteiger partial charge in [-0.05, 0) is 55.0 Å². The molecule has 3 aromatic carbocycles. The minimum Gasteiger partial charge on any atom is -0.494 e. The van der Waals surface area contributed by atoms with Crippen molar-refractivity contribution in [3.05, 3.63) is 101 Å². The van der Waals surface area contributed by atoms with Crippen molar-refractivity contribution in [3.8, 4) is 11.8 Å². The number of nitriles is 1. The molecular formula is C26H22N4O2. The summed E-state index contributed by atoms with van der Waals surface area (Å²) in [5.41, 5.74) is 6.71. The second-order valence-electron chi connectivity index (χ2n) is 7.20. The lowest BCUT2D eigenvalue weighted by atomic mass is 10.1. The van der Waals surface area contributed by atoms with Gasteiger partial charge in [-0.25, -0.2) is 5.43 Å². The van der Waals surface area contributed by atoms with Gasteiger partial charge >= 0.3 is 0 Å². The van der Waals surface area contributed by atoms with Gasteiger partial charge < -0.3 is 9.30 Å². The van der Waals surface area contributed by atoms with Crippen LogP contribution in [0.25, 0.3) is 10.9 Å². The number of para-hydroxylation sites is 1. The highest BCUT2D eigenvalue weighted by Crippen LogP contribution is 2.21. The summed E-state index contributed by atoms with van der Waals surface area (Å²) in [5, 5.41) is 14.3. The molecule has 0 aliphatic rings. The van der Waals surface area contributed by atoms with Crippen LogP contribution in [0.1, 0.15) is 34.0 Å². The van der Waals surface area contributed by atoms with Gasteiger partial charge in [-0.2, -0.15) is 10.4 Å². The summed E-state index contributed by atoms with van der Waals surface area (Å²) in [6.07, 6.45) is 3.65. The molecule has 4 aromatic rings. The fourth-order valence-corrected chi connectivity index (χ4v) is 3.54. The Bertz CT molecular complexity index is 1310. The van der Waals surface area contributed by atoms with Gasteiger partial charge in [0.1, 0.15) is 5.75 Å². The van der Waals surface area contributed by atoms with Crippen molar-refractivity contribution in [1.82, 2.24) is 9.99 Å². The molecule has 1 heterocycles. The topological polar surface area (TPSA) is 79.4 Å². The first-order chi connectivity index (χ1) is 15.7. The average molecular weight is 422 g/mol. The zero-order chi connectivity index (χ0) is 22.3. The van der Waals surface area contributed by atoms with Crippen LogP contribution in [0.2, 0.25) is 0 Å². The monoisotopic (exact) mass is 422 g/mol. The average Bonchev–Trinajstić information content (AvgIpc) is 3.17. The maximum atomic E-state index is 12.4. The Morgan fingerprint density at radius 1 is 1.12 bits per heavy atom. The summed E-state index contributed by atoms with van der Waals surface area (Å²) in [5.74, 6) is 0.432. The Balaban J connectivity index is 1.52. The van der Waals surface area contributed by atoms with Crippen molar-refractivity contribution in [2.75, 3.05) is 6.61 Å². The van der Waals surface area contributed by atoms with E-state index in [2.05, 4.69) is 21.2 Å². The van der Waals surface area contributed by atoms with Crippen LogP contribution in [0.3, 0.4) is 0 Å². The Hall–Kier alpha value is -4.37. The van der Waals surface area contributed by atoms with Crippen molar-refractivity contribution in [2.45, 2.75) is 13.5 Å². The number of nitrogens with one attached hydrogen (secondary N) is 1. The highest BCUT2D eigenvalue weighted by molar-refractivity contribution is 6.00. The van der Waals surface area contributed by atoms with Crippen molar-refractivity contribution in [2.24, 2.45) is 5.10 Å². The van der Waals surface area contributed by atoms with E-state index < -0.39 is 0 Å². The summed E-state index contributed by atoms with van der Waals surface area (Å²) in [6.45, 7) is 3.12. The number of rotatable bonds is 7. The molecule has 0 saturated carbocycles. The first-order valence-electron chi connectivity index (χ1n) is 10.3. The maximum Gasteiger partial charge on any atom is 0.271 e. The number of hydrogen-bond donors (Lipinski definition) is 1. The molecule has 4 rings (SSSR count). The second kappa shape index (κ2) is 9.63. The fraction of sp³-hybridized carbons (Fsp3) is 0.115. The van der Waals surface area contributed by atoms with Crippen molar-refractivity contribution in [1.29, 1.82) is 5.26 Å². The summed E-state index contributed by atoms with van der Waals surface area (Å²) >= 11 is 0. The van der Waals surface area contributed by atoms with Crippen LogP contribution in [0, 0.1) is 11.3 Å². The highest BCUT2D eigenvalue weighted by Gasteiger charge is 2.08. The van der Waals surface area contributed by atoms with Crippen molar-refractivity contribution >= 4 is 23.0 Å². The highest BCUT2D eigenvalue weighted by atomic mass is 16.5. The van der Waals surface area contributed by atoms with E-state index in [0.29, 0.717) is 24.3 Å². The number of benzene rings is 3. The summed E-state index contributed by atoms with van der Waals surface area (Å²) in [6, 6.07) is 24.7. The van der Waals surface area contributed by atoms with E-state index in [9.17, 15) is 4.79 Å². The number of carbonyl (C=O) groups excluding carboxylic acids is 1. The molecule has 1 N–H and O–H groups in total. The van der Waals surface area contributed by atoms with Gasteiger partial charge in [0, 0.05) is 34.8 Å². The minimum absolute atomic E-state index is 0.290. The molecule has 0 spiro atoms. The van der Waals surface area contributed by atoms with Gasteiger partial charge in [0.15, 0.2) is 0 Å². The number of nitrogens with zero attached hydrogens (tertiary/aromatic N) is 3. The van der Waals surface area contributed by atoms with E-state index in [1.54, 1.807) is 36.5 Å². The number of fused-ring (bicyclic) bond motifs is 1. The third-order valence-electron chi connectivity index (χ3n) is 5.03. The van der Waals surface area contributed by atoms with Crippen molar-refractivity contribution in [3.63, 3.8) is 0 Å². The van der Waals surface area contributed by atoms with Crippen molar-refractivity contribution < 1.29 is 9.53 Å². The lowest BCUT2D eigenvalue weighted by Gasteiger charge is -2.05. The van der Waals surface area contributed by atoms with E-state index in [0.717, 1.165) is 27.8 Å². The van der Waals surface area contributed by atoms with E-state index in [1.807, 2.05) is 55.6 Å². The maximum absolute atomic E-state index is 12.4. The molecule has 0 aliphatic heterocycles. The largest absolute Gasteiger partial charge is 0.494 e. The quantitative estimate of drug-likeness (QED) is 0.346. The van der Waals surface area contributed by atoms with Crippen LogP contribution < -0.4 is 10.2 Å². The van der Waals surface area contributed by atoms with Crippen LogP contribution in [0.5, 0.6) is 5.75 Å². The molecule has 0 aliphatic carbocycles. The Labute approximate surface area is 186 Å². The molecule has 0 saturated heterocycles. The Morgan fingerprint density at radius 3 is 2.72 bits per heavy atom. The number of hydrazone groups is 1. The Kier molecular flexibility index (Phi) is 6.28. The molecule has 1 amide bonds. The first-order valence-corrected chi connectivity index (χ1v) is 10.3. The lowest BCUT2D eigenvalue weighted by Crippen LogP contribution is -2.17. The van der Waals surface area contributed by atoms with Gasteiger partial charge in [0.2, 0.25) is 0 Å². The zero-order valence-electron chi connectivity index (χ0n) is 17.7. The molecule has 6 nitrogen and oxygen atoms in total. The van der Waals surface area contributed by atoms with Crippen LogP contribution >= 0.6 is 0 Å². The van der Waals surface area contributed by atoms with Gasteiger partial charge in [-0.1, -0.05) is 30.3 Å². The minimum atomic E-state index is -0.290. The molecule has 0 unspecified atom stereocenters. The molecule has 1 aromatic heterocycles. The number of ether oxygens (including phenoxy) is 1. The number of amides is 1. The van der Waals surface area contributed by atoms with Gasteiger partial charge in [0.05, 0.1) is 24.5 Å². The summed E-state index contributed by atoms with van der Waals surface area (Å²) in [7, 11) is 0. The number of hydrogen-bond acceptors (Lipinski definition) is 4. The SMILES string of the molecule is CCOc1ccc(C(=O)N/N=C\c2cn(Cc3cccc(C#N)c3)c3ccccc23)cc1. The summed E-state index contributed by atoms with van der Waals surface area (Å²) in [4.78, 5) is 12.4. The van der Waals surface area contributed by atoms with Crippen LogP contribution in [0.15, 0.2) is 84.1 Å².